The maximum Gasteiger partial charge on any atom is 0.316 e. The van der Waals surface area contributed by atoms with Crippen LogP contribution in [0.25, 0.3) is 28.3 Å². The molecule has 0 aliphatic rings. The highest BCUT2D eigenvalue weighted by Crippen LogP contribution is 2.26. The molecule has 30 heavy (non-hydrogen) atoms. The number of fused-ring (bicyclic) bond motifs is 1. The normalized spacial score (nSPS) is 10.2. The summed E-state index contributed by atoms with van der Waals surface area (Å²) in [7, 11) is 0. The van der Waals surface area contributed by atoms with Crippen LogP contribution in [0, 0.1) is 5.82 Å². The van der Waals surface area contributed by atoms with Crippen LogP contribution in [-0.4, -0.2) is 37.0 Å². The summed E-state index contributed by atoms with van der Waals surface area (Å²) in [6.07, 6.45) is 4.56. The first kappa shape index (κ1) is 20.2. The zero-order chi connectivity index (χ0) is 21.7. The van der Waals surface area contributed by atoms with Gasteiger partial charge in [-0.2, -0.15) is 0 Å². The van der Waals surface area contributed by atoms with Crippen molar-refractivity contribution in [2.45, 2.75) is 0 Å². The molecule has 1 aromatic carbocycles. The van der Waals surface area contributed by atoms with Crippen LogP contribution in [-0.2, 0) is 4.79 Å². The van der Waals surface area contributed by atoms with Gasteiger partial charge < -0.3 is 21.9 Å². The number of nitrogens with one attached hydrogen (secondary N) is 1. The van der Waals surface area contributed by atoms with Gasteiger partial charge in [0.1, 0.15) is 5.65 Å². The predicted molar refractivity (Wildman–Crippen MR) is 108 cm³/mol. The average Bonchev–Trinajstić information content (AvgIpc) is 3.13. The molecule has 4 aromatic rings. The summed E-state index contributed by atoms with van der Waals surface area (Å²) in [6, 6.07) is 10.2. The number of carbonyl (C=O) groups is 2. The molecule has 3 heterocycles. The highest BCUT2D eigenvalue weighted by Gasteiger charge is 2.11. The lowest BCUT2D eigenvalue weighted by atomic mass is 10.1. The second-order valence-corrected chi connectivity index (χ2v) is 5.89. The molecule has 0 bridgehead atoms. The summed E-state index contributed by atoms with van der Waals surface area (Å²) in [6.45, 7) is -0.250. The van der Waals surface area contributed by atoms with Crippen molar-refractivity contribution in [3.8, 4) is 22.6 Å². The van der Waals surface area contributed by atoms with Crippen molar-refractivity contribution in [1.82, 2.24) is 19.4 Å². The molecule has 4 rings (SSSR count). The number of nitrogens with zero attached hydrogens (tertiary/aromatic N) is 4. The van der Waals surface area contributed by atoms with E-state index in [-0.39, 0.29) is 12.3 Å². The zero-order valence-electron chi connectivity index (χ0n) is 15.4. The fourth-order valence-corrected chi connectivity index (χ4v) is 2.75. The number of halogens is 1. The summed E-state index contributed by atoms with van der Waals surface area (Å²) in [5.74, 6) is -0.552. The van der Waals surface area contributed by atoms with Crippen LogP contribution in [0.1, 0.15) is 0 Å². The minimum Gasteiger partial charge on any atom is -0.483 e. The predicted octanol–water partition coefficient (Wildman–Crippen LogP) is 2.37. The number of imidazole rings is 1. The standard InChI is InChI=1S/C18H14FN7O.CH2O2/c19-13-8-23-17(25-16(13)20)11-4-5-26-14(9-22-15(26)7-11)10-2-1-3-12(6-10)24-18(21)27;2-1-3/h1-9H,(H2,20,23,25)(H3,21,24,27);1H,(H,2,3). The lowest BCUT2D eigenvalue weighted by Gasteiger charge is -2.07. The van der Waals surface area contributed by atoms with Gasteiger partial charge in [0.05, 0.1) is 18.1 Å². The molecule has 0 saturated carbocycles. The molecule has 0 unspecified atom stereocenters. The Balaban J connectivity index is 0.000000806. The second kappa shape index (κ2) is 8.65. The first-order valence-electron chi connectivity index (χ1n) is 8.43. The van der Waals surface area contributed by atoms with Gasteiger partial charge in [0.2, 0.25) is 0 Å². The minimum absolute atomic E-state index is 0.206. The van der Waals surface area contributed by atoms with Crippen molar-refractivity contribution in [2.24, 2.45) is 5.73 Å². The molecular formula is C19H16FN7O3. The quantitative estimate of drug-likeness (QED) is 0.378. The molecule has 0 aliphatic carbocycles. The van der Waals surface area contributed by atoms with E-state index in [1.807, 2.05) is 22.7 Å². The zero-order valence-corrected chi connectivity index (χ0v) is 15.4. The van der Waals surface area contributed by atoms with Crippen LogP contribution in [0.15, 0.2) is 55.0 Å². The SMILES string of the molecule is NC(=O)Nc1cccc(-c2cnc3cc(-c4ncc(F)c(N)n4)ccn23)c1.O=CO. The van der Waals surface area contributed by atoms with E-state index >= 15 is 0 Å². The summed E-state index contributed by atoms with van der Waals surface area (Å²) >= 11 is 0. The van der Waals surface area contributed by atoms with E-state index in [0.29, 0.717) is 22.7 Å². The third-order valence-electron chi connectivity index (χ3n) is 3.97. The van der Waals surface area contributed by atoms with E-state index in [9.17, 15) is 9.18 Å². The van der Waals surface area contributed by atoms with Gasteiger partial charge in [-0.15, -0.1) is 0 Å². The van der Waals surface area contributed by atoms with E-state index in [1.165, 1.54) is 0 Å². The van der Waals surface area contributed by atoms with Gasteiger partial charge in [-0.3, -0.25) is 9.20 Å². The molecule has 0 fully saturated rings. The molecule has 0 spiro atoms. The lowest BCUT2D eigenvalue weighted by molar-refractivity contribution is -0.122. The number of carbonyl (C=O) groups excluding carboxylic acids is 1. The van der Waals surface area contributed by atoms with Crippen molar-refractivity contribution in [3.63, 3.8) is 0 Å². The Labute approximate surface area is 169 Å². The molecule has 0 atom stereocenters. The number of primary amides is 1. The van der Waals surface area contributed by atoms with Gasteiger partial charge in [0.15, 0.2) is 17.5 Å². The number of carboxylic acid groups (broad SMARTS) is 1. The number of hydrogen-bond acceptors (Lipinski definition) is 6. The van der Waals surface area contributed by atoms with E-state index < -0.39 is 11.8 Å². The van der Waals surface area contributed by atoms with E-state index in [0.717, 1.165) is 17.5 Å². The van der Waals surface area contributed by atoms with E-state index in [2.05, 4.69) is 20.3 Å². The van der Waals surface area contributed by atoms with Gasteiger partial charge in [-0.25, -0.2) is 24.1 Å². The number of hydrogen-bond donors (Lipinski definition) is 4. The van der Waals surface area contributed by atoms with Crippen molar-refractivity contribution < 1.29 is 19.1 Å². The topological polar surface area (TPSA) is 162 Å². The third-order valence-corrected chi connectivity index (χ3v) is 3.97. The molecule has 3 aromatic heterocycles. The number of nitrogens with two attached hydrogens (primary N) is 2. The number of aromatic nitrogens is 4. The van der Waals surface area contributed by atoms with Crippen LogP contribution in [0.2, 0.25) is 0 Å². The van der Waals surface area contributed by atoms with Crippen molar-refractivity contribution in [2.75, 3.05) is 11.1 Å². The molecule has 0 radical (unpaired) electrons. The fraction of sp³-hybridized carbons (Fsp3) is 0. The van der Waals surface area contributed by atoms with Crippen LogP contribution >= 0.6 is 0 Å². The highest BCUT2D eigenvalue weighted by atomic mass is 19.1. The van der Waals surface area contributed by atoms with Crippen molar-refractivity contribution in [3.05, 3.63) is 60.8 Å². The summed E-state index contributed by atoms with van der Waals surface area (Å²) < 4.78 is 15.1. The molecule has 6 N–H and O–H groups in total. The Bertz CT molecular complexity index is 1230. The smallest absolute Gasteiger partial charge is 0.316 e. The van der Waals surface area contributed by atoms with Gasteiger partial charge in [-0.1, -0.05) is 12.1 Å². The number of rotatable bonds is 3. The van der Waals surface area contributed by atoms with E-state index in [4.69, 9.17) is 21.4 Å². The Kier molecular flexibility index (Phi) is 5.82. The molecule has 0 aliphatic heterocycles. The lowest BCUT2D eigenvalue weighted by Crippen LogP contribution is -2.19. The largest absolute Gasteiger partial charge is 0.483 e. The summed E-state index contributed by atoms with van der Waals surface area (Å²) in [4.78, 5) is 31.7. The first-order valence-corrected chi connectivity index (χ1v) is 8.43. The summed E-state index contributed by atoms with van der Waals surface area (Å²) in [5, 5.41) is 9.43. The number of amides is 2. The number of benzene rings is 1. The number of nitrogen functional groups attached to an aromatic ring is 1. The van der Waals surface area contributed by atoms with Crippen LogP contribution < -0.4 is 16.8 Å². The van der Waals surface area contributed by atoms with Gasteiger partial charge in [0.25, 0.3) is 6.47 Å². The molecule has 152 valence electrons. The Hall–Kier alpha value is -4.54. The number of pyridine rings is 1. The number of urea groups is 1. The molecule has 2 amide bonds. The van der Waals surface area contributed by atoms with Crippen molar-refractivity contribution in [1.29, 1.82) is 0 Å². The third kappa shape index (κ3) is 4.30. The fourth-order valence-electron chi connectivity index (χ4n) is 2.75. The van der Waals surface area contributed by atoms with E-state index in [1.54, 1.807) is 30.5 Å². The highest BCUT2D eigenvalue weighted by molar-refractivity contribution is 5.88. The average molecular weight is 409 g/mol. The van der Waals surface area contributed by atoms with Gasteiger partial charge in [-0.05, 0) is 24.3 Å². The second-order valence-electron chi connectivity index (χ2n) is 5.89. The Morgan fingerprint density at radius 1 is 1.17 bits per heavy atom. The monoisotopic (exact) mass is 409 g/mol. The van der Waals surface area contributed by atoms with Crippen LogP contribution in [0.4, 0.5) is 20.7 Å². The maximum atomic E-state index is 13.3. The van der Waals surface area contributed by atoms with Crippen LogP contribution in [0.5, 0.6) is 0 Å². The van der Waals surface area contributed by atoms with Crippen molar-refractivity contribution >= 4 is 29.7 Å². The van der Waals surface area contributed by atoms with Gasteiger partial charge in [0, 0.05) is 23.0 Å². The minimum atomic E-state index is -0.660. The Morgan fingerprint density at radius 3 is 2.63 bits per heavy atom. The van der Waals surface area contributed by atoms with Gasteiger partial charge >= 0.3 is 6.03 Å². The Morgan fingerprint density at radius 2 is 1.93 bits per heavy atom. The summed E-state index contributed by atoms with van der Waals surface area (Å²) in [5.41, 5.74) is 14.3. The number of anilines is 2. The maximum absolute atomic E-state index is 13.3. The molecule has 0 saturated heterocycles. The molecular weight excluding hydrogens is 393 g/mol. The first-order chi connectivity index (χ1) is 14.4. The van der Waals surface area contributed by atoms with Crippen LogP contribution in [0.3, 0.4) is 0 Å². The molecule has 11 heteroatoms. The molecule has 10 nitrogen and oxygen atoms in total.